The maximum absolute atomic E-state index is 2.37. The van der Waals surface area contributed by atoms with Crippen molar-refractivity contribution in [2.24, 2.45) is 0 Å². The minimum Gasteiger partial charge on any atom is -0.311 e. The van der Waals surface area contributed by atoms with E-state index in [1.54, 1.807) is 0 Å². The Hall–Kier alpha value is -11.5. The third-order valence-corrected chi connectivity index (χ3v) is 16.0. The number of anilines is 12. The van der Waals surface area contributed by atoms with E-state index in [9.17, 15) is 0 Å². The van der Waals surface area contributed by atoms with Crippen LogP contribution in [0.15, 0.2) is 364 Å². The summed E-state index contributed by atoms with van der Waals surface area (Å²) in [5.41, 5.74) is 19.6. The lowest BCUT2D eigenvalue weighted by Crippen LogP contribution is -2.12. The molecule has 14 aromatic carbocycles. The Morgan fingerprint density at radius 2 is 0.326 bits per heavy atom. The average molecular weight is 1100 g/mol. The van der Waals surface area contributed by atoms with Crippen molar-refractivity contribution in [1.29, 1.82) is 0 Å². The maximum atomic E-state index is 2.37. The van der Waals surface area contributed by atoms with Crippen LogP contribution in [0.2, 0.25) is 0 Å². The summed E-state index contributed by atoms with van der Waals surface area (Å²) in [7, 11) is 0. The molecule has 0 saturated carbocycles. The average Bonchev–Trinajstić information content (AvgIpc) is 3.13. The van der Waals surface area contributed by atoms with Crippen molar-refractivity contribution < 1.29 is 0 Å². The molecule has 0 unspecified atom stereocenters. The topological polar surface area (TPSA) is 13.0 Å². The lowest BCUT2D eigenvalue weighted by Gasteiger charge is -2.29. The van der Waals surface area contributed by atoms with Gasteiger partial charge in [0.25, 0.3) is 0 Å². The fourth-order valence-electron chi connectivity index (χ4n) is 11.9. The van der Waals surface area contributed by atoms with E-state index in [2.05, 4.69) is 384 Å². The van der Waals surface area contributed by atoms with E-state index in [-0.39, 0.29) is 0 Å². The van der Waals surface area contributed by atoms with Crippen LogP contribution in [0.25, 0.3) is 32.7 Å². The summed E-state index contributed by atoms with van der Waals surface area (Å²) >= 11 is 0. The minimum absolute atomic E-state index is 1.05. The molecule has 0 amide bonds. The molecule has 86 heavy (non-hydrogen) atoms. The van der Waals surface area contributed by atoms with Crippen molar-refractivity contribution in [2.45, 2.75) is 0 Å². The van der Waals surface area contributed by atoms with Gasteiger partial charge in [0.2, 0.25) is 0 Å². The summed E-state index contributed by atoms with van der Waals surface area (Å²) in [5, 5.41) is 4.77. The molecule has 0 aliphatic rings. The largest absolute Gasteiger partial charge is 0.311 e. The molecule has 0 aliphatic heterocycles. The van der Waals surface area contributed by atoms with Gasteiger partial charge in [-0.3, -0.25) is 0 Å². The zero-order valence-corrected chi connectivity index (χ0v) is 47.4. The van der Waals surface area contributed by atoms with Gasteiger partial charge in [0.05, 0.1) is 0 Å². The molecule has 0 fully saturated rings. The molecule has 4 heteroatoms. The van der Waals surface area contributed by atoms with Crippen molar-refractivity contribution in [3.05, 3.63) is 386 Å². The third kappa shape index (κ3) is 10.9. The second kappa shape index (κ2) is 24.2. The first-order valence-electron chi connectivity index (χ1n) is 29.3. The summed E-state index contributed by atoms with van der Waals surface area (Å²) in [6.45, 7) is 0. The van der Waals surface area contributed by atoms with Gasteiger partial charge < -0.3 is 19.6 Å². The van der Waals surface area contributed by atoms with E-state index < -0.39 is 0 Å². The summed E-state index contributed by atoms with van der Waals surface area (Å²) in [4.78, 5) is 9.35. The number of hydrogen-bond donors (Lipinski definition) is 0. The smallest absolute Gasteiger partial charge is 0.0468 e. The standard InChI is InChI=1S/C82H60N4/c1-7-25-63(26-8-1)81(65-41-45-73(46-42-65)85(79-49-39-61-23-19-21-29-67(61)59-79)77-55-51-75(52-56-77)83(69-31-11-3-12-32-69)70-33-13-4-14-34-70)82(64-27-9-2-10-28-64)66-43-47-74(48-44-66)86(80-50-40-62-24-20-22-30-68(62)60-80)78-57-53-76(54-58-78)84(71-35-15-5-16-36-71)72-37-17-6-18-38-72/h1-60H/b82-81+. The van der Waals surface area contributed by atoms with Gasteiger partial charge in [-0.05, 0) is 201 Å². The Morgan fingerprint density at radius 1 is 0.140 bits per heavy atom. The molecular formula is C82H60N4. The predicted octanol–water partition coefficient (Wildman–Crippen LogP) is 22.9. The van der Waals surface area contributed by atoms with Crippen LogP contribution in [-0.2, 0) is 0 Å². The zero-order valence-electron chi connectivity index (χ0n) is 47.4. The lowest BCUT2D eigenvalue weighted by atomic mass is 9.85. The molecule has 0 saturated heterocycles. The molecule has 4 nitrogen and oxygen atoms in total. The highest BCUT2D eigenvalue weighted by molar-refractivity contribution is 6.05. The fraction of sp³-hybridized carbons (Fsp3) is 0. The maximum Gasteiger partial charge on any atom is 0.0468 e. The highest BCUT2D eigenvalue weighted by Crippen LogP contribution is 2.45. The van der Waals surface area contributed by atoms with E-state index >= 15 is 0 Å². The minimum atomic E-state index is 1.05. The van der Waals surface area contributed by atoms with Crippen molar-refractivity contribution in [2.75, 3.05) is 19.6 Å². The molecule has 0 aromatic heterocycles. The van der Waals surface area contributed by atoms with E-state index in [0.29, 0.717) is 0 Å². The number of fused-ring (bicyclic) bond motifs is 2. The monoisotopic (exact) mass is 1100 g/mol. The summed E-state index contributed by atoms with van der Waals surface area (Å²) in [6, 6.07) is 131. The van der Waals surface area contributed by atoms with Crippen LogP contribution < -0.4 is 19.6 Å². The SMILES string of the molecule is c1ccc(/C(=C(/c2ccccc2)c2ccc(N(c3ccc(N(c4ccccc4)c4ccccc4)cc3)c3ccc4ccccc4c3)cc2)c2ccc(N(c3ccc(N(c4ccccc4)c4ccccc4)cc3)c3ccc4ccccc4c3)cc2)cc1. The summed E-state index contributed by atoms with van der Waals surface area (Å²) in [5.74, 6) is 0. The zero-order chi connectivity index (χ0) is 57.4. The second-order valence-electron chi connectivity index (χ2n) is 21.4. The summed E-state index contributed by atoms with van der Waals surface area (Å²) < 4.78 is 0. The highest BCUT2D eigenvalue weighted by atomic mass is 15.2. The molecule has 14 rings (SSSR count). The van der Waals surface area contributed by atoms with Gasteiger partial charge in [0, 0.05) is 68.2 Å². The normalized spacial score (nSPS) is 11.4. The molecule has 0 atom stereocenters. The van der Waals surface area contributed by atoms with E-state index in [1.807, 2.05) is 0 Å². The van der Waals surface area contributed by atoms with E-state index in [0.717, 1.165) is 102 Å². The number of benzene rings is 14. The van der Waals surface area contributed by atoms with Crippen molar-refractivity contribution in [3.63, 3.8) is 0 Å². The first-order valence-corrected chi connectivity index (χ1v) is 29.3. The van der Waals surface area contributed by atoms with Gasteiger partial charge in [-0.1, -0.05) is 218 Å². The van der Waals surface area contributed by atoms with Crippen LogP contribution in [0.3, 0.4) is 0 Å². The van der Waals surface area contributed by atoms with Gasteiger partial charge in [-0.25, -0.2) is 0 Å². The Balaban J connectivity index is 0.873. The quantitative estimate of drug-likeness (QED) is 0.0894. The molecular weight excluding hydrogens is 1040 g/mol. The molecule has 408 valence electrons. The van der Waals surface area contributed by atoms with Crippen LogP contribution in [0, 0.1) is 0 Å². The van der Waals surface area contributed by atoms with Crippen LogP contribution in [0.5, 0.6) is 0 Å². The molecule has 0 aliphatic carbocycles. The lowest BCUT2D eigenvalue weighted by molar-refractivity contribution is 1.26. The Morgan fingerprint density at radius 3 is 0.605 bits per heavy atom. The Bertz CT molecular complexity index is 4200. The molecule has 0 spiro atoms. The Kier molecular flexibility index (Phi) is 14.8. The van der Waals surface area contributed by atoms with Gasteiger partial charge >= 0.3 is 0 Å². The van der Waals surface area contributed by atoms with Crippen molar-refractivity contribution >= 4 is 101 Å². The van der Waals surface area contributed by atoms with Gasteiger partial charge in [-0.2, -0.15) is 0 Å². The van der Waals surface area contributed by atoms with Crippen LogP contribution >= 0.6 is 0 Å². The van der Waals surface area contributed by atoms with Crippen molar-refractivity contribution in [1.82, 2.24) is 0 Å². The number of hydrogen-bond acceptors (Lipinski definition) is 4. The van der Waals surface area contributed by atoms with Crippen molar-refractivity contribution in [3.8, 4) is 0 Å². The van der Waals surface area contributed by atoms with Crippen LogP contribution in [-0.4, -0.2) is 0 Å². The predicted molar refractivity (Wildman–Crippen MR) is 365 cm³/mol. The van der Waals surface area contributed by atoms with Crippen LogP contribution in [0.4, 0.5) is 68.2 Å². The third-order valence-electron chi connectivity index (χ3n) is 16.0. The molecule has 0 heterocycles. The molecule has 14 aromatic rings. The second-order valence-corrected chi connectivity index (χ2v) is 21.4. The highest BCUT2D eigenvalue weighted by Gasteiger charge is 2.22. The Labute approximate surface area is 504 Å². The van der Waals surface area contributed by atoms with E-state index in [4.69, 9.17) is 0 Å². The van der Waals surface area contributed by atoms with Crippen LogP contribution in [0.1, 0.15) is 22.3 Å². The fourth-order valence-corrected chi connectivity index (χ4v) is 11.9. The number of nitrogens with zero attached hydrogens (tertiary/aromatic N) is 4. The van der Waals surface area contributed by atoms with Gasteiger partial charge in [0.15, 0.2) is 0 Å². The molecule has 0 N–H and O–H groups in total. The van der Waals surface area contributed by atoms with Gasteiger partial charge in [0.1, 0.15) is 0 Å². The van der Waals surface area contributed by atoms with E-state index in [1.165, 1.54) is 21.5 Å². The summed E-state index contributed by atoms with van der Waals surface area (Å²) in [6.07, 6.45) is 0. The number of rotatable bonds is 16. The molecule has 0 bridgehead atoms. The number of para-hydroxylation sites is 4. The first-order chi connectivity index (χ1) is 42.7. The molecule has 0 radical (unpaired) electrons. The van der Waals surface area contributed by atoms with Gasteiger partial charge in [-0.15, -0.1) is 0 Å². The first kappa shape index (κ1) is 52.6.